The zero-order valence-electron chi connectivity index (χ0n) is 25.5. The van der Waals surface area contributed by atoms with Gasteiger partial charge in [0.2, 0.25) is 11.8 Å². The summed E-state index contributed by atoms with van der Waals surface area (Å²) < 4.78 is 10.5. The summed E-state index contributed by atoms with van der Waals surface area (Å²) in [6.45, 7) is 2.11. The van der Waals surface area contributed by atoms with Gasteiger partial charge in [-0.15, -0.1) is 0 Å². The fourth-order valence-corrected chi connectivity index (χ4v) is 6.62. The van der Waals surface area contributed by atoms with Crippen molar-refractivity contribution in [3.63, 3.8) is 0 Å². The first-order chi connectivity index (χ1) is 21.3. The Morgan fingerprint density at radius 3 is 2.36 bits per heavy atom. The molecule has 2 aromatic carbocycles. The lowest BCUT2D eigenvalue weighted by atomic mass is 9.94. The zero-order chi connectivity index (χ0) is 31.3. The Labute approximate surface area is 269 Å². The Hall–Kier alpha value is -3.70. The monoisotopic (exact) mass is 635 g/mol. The number of hydrazone groups is 1. The van der Waals surface area contributed by atoms with E-state index in [9.17, 15) is 9.59 Å². The van der Waals surface area contributed by atoms with Gasteiger partial charge < -0.3 is 20.1 Å². The molecule has 44 heavy (non-hydrogen) atoms. The van der Waals surface area contributed by atoms with Gasteiger partial charge in [0.05, 0.1) is 43.2 Å². The Bertz CT molecular complexity index is 1410. The fourth-order valence-electron chi connectivity index (χ4n) is 5.27. The molecule has 2 amide bonds. The van der Waals surface area contributed by atoms with Crippen LogP contribution < -0.4 is 25.5 Å². The third kappa shape index (κ3) is 10.8. The molecule has 234 valence electrons. The number of carbonyl (C=O) groups excluding carboxylic acids is 2. The normalized spacial score (nSPS) is 20.4. The van der Waals surface area contributed by atoms with Crippen molar-refractivity contribution >= 4 is 52.2 Å². The molecule has 0 aromatic heterocycles. The Kier molecular flexibility index (Phi) is 12.8. The Morgan fingerprint density at radius 2 is 1.68 bits per heavy atom. The largest absolute Gasteiger partial charge is 0.497 e. The average molecular weight is 636 g/mol. The van der Waals surface area contributed by atoms with Gasteiger partial charge in [0.15, 0.2) is 5.11 Å². The summed E-state index contributed by atoms with van der Waals surface area (Å²) in [6.07, 6.45) is 10.4. The van der Waals surface area contributed by atoms with Crippen molar-refractivity contribution in [1.29, 1.82) is 0 Å². The molecule has 9 nitrogen and oxygen atoms in total. The number of methoxy groups -OCH3 is 2. The van der Waals surface area contributed by atoms with E-state index in [0.29, 0.717) is 5.75 Å². The van der Waals surface area contributed by atoms with Crippen molar-refractivity contribution in [2.24, 2.45) is 21.9 Å². The van der Waals surface area contributed by atoms with Crippen LogP contribution in [0.3, 0.4) is 0 Å². The van der Waals surface area contributed by atoms with Crippen LogP contribution in [0.2, 0.25) is 0 Å². The second-order valence-corrected chi connectivity index (χ2v) is 12.5. The van der Waals surface area contributed by atoms with E-state index in [0.717, 1.165) is 65.5 Å². The van der Waals surface area contributed by atoms with Gasteiger partial charge in [-0.1, -0.05) is 54.9 Å². The molecule has 0 spiro atoms. The fraction of sp³-hybridized carbons (Fsp3) is 0.424. The third-order valence-corrected chi connectivity index (χ3v) is 8.82. The third-order valence-electron chi connectivity index (χ3n) is 7.49. The topological polar surface area (TPSA) is 113 Å². The van der Waals surface area contributed by atoms with Crippen LogP contribution in [0.4, 0.5) is 0 Å². The predicted molar refractivity (Wildman–Crippen MR) is 181 cm³/mol. The number of aliphatic imine (C=N–C) groups is 1. The number of thioether (sulfide) groups is 1. The summed E-state index contributed by atoms with van der Waals surface area (Å²) in [7, 11) is 3.21. The minimum Gasteiger partial charge on any atom is -0.497 e. The molecule has 0 radical (unpaired) electrons. The van der Waals surface area contributed by atoms with Crippen LogP contribution in [0.15, 0.2) is 69.7 Å². The van der Waals surface area contributed by atoms with E-state index in [-0.39, 0.29) is 47.6 Å². The number of nitrogens with zero attached hydrogens (tertiary/aromatic N) is 2. The highest BCUT2D eigenvalue weighted by atomic mass is 32.2. The molecule has 1 saturated carbocycles. The summed E-state index contributed by atoms with van der Waals surface area (Å²) >= 11 is 6.87. The molecule has 3 N–H and O–H groups in total. The molecular weight excluding hydrogens is 595 g/mol. The molecule has 2 aliphatic rings. The molecule has 0 bridgehead atoms. The van der Waals surface area contributed by atoms with E-state index < -0.39 is 0 Å². The first-order valence-corrected chi connectivity index (χ1v) is 16.2. The number of hydrogen-bond acceptors (Lipinski definition) is 8. The minimum atomic E-state index is -0.225. The maximum absolute atomic E-state index is 12.9. The van der Waals surface area contributed by atoms with Gasteiger partial charge in [0, 0.05) is 12.1 Å². The second kappa shape index (κ2) is 17.0. The molecule has 1 aliphatic heterocycles. The molecule has 1 fully saturated rings. The molecule has 3 atom stereocenters. The van der Waals surface area contributed by atoms with Gasteiger partial charge in [-0.05, 0) is 86.1 Å². The standard InChI is InChI=1S/C33H41N5O4S2/c1-22-14-15-31(36-29(39)19-23-9-6-12-27(17-23)41-2)44-32(35-22)26-11-5-4-8-25(16-26)21-34-38-33(43)37-30(40)20-24-10-7-13-28(18-24)42-3/h6-7,9-10,12-13,15,17-18,21-22,25-26H,4-5,8,11,14,16,19-20H2,1-3H3,(H,36,39)(H2,37,38,40,43)/b34-21-. The first kappa shape index (κ1) is 33.2. The van der Waals surface area contributed by atoms with Crippen molar-refractivity contribution in [3.05, 3.63) is 70.8 Å². The number of ether oxygens (including phenoxy) is 2. The molecule has 1 aliphatic carbocycles. The summed E-state index contributed by atoms with van der Waals surface area (Å²) in [5, 5.41) is 12.2. The van der Waals surface area contributed by atoms with Crippen molar-refractivity contribution in [3.8, 4) is 11.5 Å². The van der Waals surface area contributed by atoms with Crippen LogP contribution in [0, 0.1) is 11.8 Å². The van der Waals surface area contributed by atoms with E-state index >= 15 is 0 Å². The lowest BCUT2D eigenvalue weighted by molar-refractivity contribution is -0.120. The number of benzene rings is 2. The number of thiocarbonyl (C=S) groups is 1. The summed E-state index contributed by atoms with van der Waals surface area (Å²) in [5.41, 5.74) is 4.54. The van der Waals surface area contributed by atoms with Crippen LogP contribution in [0.1, 0.15) is 56.6 Å². The lowest BCUT2D eigenvalue weighted by Gasteiger charge is -2.20. The van der Waals surface area contributed by atoms with Crippen molar-refractivity contribution in [2.45, 2.75) is 64.3 Å². The van der Waals surface area contributed by atoms with Gasteiger partial charge in [0.1, 0.15) is 11.5 Å². The summed E-state index contributed by atoms with van der Waals surface area (Å²) in [6, 6.07) is 15.1. The predicted octanol–water partition coefficient (Wildman–Crippen LogP) is 5.54. The van der Waals surface area contributed by atoms with Crippen molar-refractivity contribution in [1.82, 2.24) is 16.1 Å². The number of rotatable bonds is 10. The number of nitrogens with one attached hydrogen (secondary N) is 3. The molecule has 1 heterocycles. The van der Waals surface area contributed by atoms with E-state index in [1.807, 2.05) is 54.7 Å². The van der Waals surface area contributed by atoms with Crippen LogP contribution in [0.5, 0.6) is 11.5 Å². The van der Waals surface area contributed by atoms with Crippen molar-refractivity contribution in [2.75, 3.05) is 14.2 Å². The summed E-state index contributed by atoms with van der Waals surface area (Å²) in [4.78, 5) is 30.4. The summed E-state index contributed by atoms with van der Waals surface area (Å²) in [5.74, 6) is 1.66. The van der Waals surface area contributed by atoms with Gasteiger partial charge in [-0.3, -0.25) is 20.0 Å². The molecule has 2 aromatic rings. The van der Waals surface area contributed by atoms with Crippen molar-refractivity contribution < 1.29 is 19.1 Å². The van der Waals surface area contributed by atoms with Gasteiger partial charge in [-0.25, -0.2) is 0 Å². The zero-order valence-corrected chi connectivity index (χ0v) is 27.1. The maximum Gasteiger partial charge on any atom is 0.230 e. The number of amides is 2. The van der Waals surface area contributed by atoms with E-state index in [1.54, 1.807) is 26.0 Å². The SMILES string of the molecule is COc1cccc(CC(=O)NC(=S)N/N=C\C2CCCCC(C3=NC(C)CC=C(NC(=O)Cc4cccc(OC)c4)S3)C2)c1. The highest BCUT2D eigenvalue weighted by molar-refractivity contribution is 8.17. The lowest BCUT2D eigenvalue weighted by Crippen LogP contribution is -2.37. The van der Waals surface area contributed by atoms with E-state index in [4.69, 9.17) is 26.7 Å². The molecule has 4 rings (SSSR count). The van der Waals surface area contributed by atoms with Crippen LogP contribution in [-0.2, 0) is 22.4 Å². The highest BCUT2D eigenvalue weighted by Gasteiger charge is 2.27. The van der Waals surface area contributed by atoms with E-state index in [2.05, 4.69) is 34.2 Å². The van der Waals surface area contributed by atoms with Crippen LogP contribution >= 0.6 is 24.0 Å². The average Bonchev–Trinajstić information content (AvgIpc) is 3.35. The molecule has 0 saturated heterocycles. The molecule has 11 heteroatoms. The number of carbonyl (C=O) groups is 2. The minimum absolute atomic E-state index is 0.0607. The van der Waals surface area contributed by atoms with Gasteiger partial charge in [-0.2, -0.15) is 5.10 Å². The first-order valence-electron chi connectivity index (χ1n) is 15.0. The Balaban J connectivity index is 1.29. The maximum atomic E-state index is 12.9. The van der Waals surface area contributed by atoms with E-state index in [1.165, 1.54) is 0 Å². The van der Waals surface area contributed by atoms with Crippen LogP contribution in [-0.4, -0.2) is 48.4 Å². The Morgan fingerprint density at radius 1 is 1.02 bits per heavy atom. The smallest absolute Gasteiger partial charge is 0.230 e. The highest BCUT2D eigenvalue weighted by Crippen LogP contribution is 2.35. The molecular formula is C33H41N5O4S2. The van der Waals surface area contributed by atoms with Gasteiger partial charge >= 0.3 is 0 Å². The van der Waals surface area contributed by atoms with Crippen LogP contribution in [0.25, 0.3) is 0 Å². The molecule has 3 unspecified atom stereocenters. The number of hydrogen-bond donors (Lipinski definition) is 3. The second-order valence-electron chi connectivity index (χ2n) is 11.1. The quantitative estimate of drug-likeness (QED) is 0.136. The van der Waals surface area contributed by atoms with Gasteiger partial charge in [0.25, 0.3) is 0 Å².